The molecule has 2 aromatic rings. The first-order valence-corrected chi connectivity index (χ1v) is 9.69. The number of sulfonamides is 1. The summed E-state index contributed by atoms with van der Waals surface area (Å²) >= 11 is 1.72. The quantitative estimate of drug-likeness (QED) is 0.254. The van der Waals surface area contributed by atoms with Gasteiger partial charge in [-0.15, -0.1) is 0 Å². The number of phenolic OH excluding ortho intramolecular Hbond substituents is 1. The summed E-state index contributed by atoms with van der Waals surface area (Å²) in [4.78, 5) is 12.1. The van der Waals surface area contributed by atoms with Crippen molar-refractivity contribution in [3.8, 4) is 17.2 Å². The largest absolute Gasteiger partial charge is 0.506 e. The summed E-state index contributed by atoms with van der Waals surface area (Å²) in [7, 11) is -1.25. The zero-order valence-corrected chi connectivity index (χ0v) is 17.0. The van der Waals surface area contributed by atoms with Gasteiger partial charge < -0.3 is 14.6 Å². The number of ether oxygens (including phenoxy) is 2. The number of hydrogen-bond acceptors (Lipinski definition) is 8. The molecule has 0 saturated carbocycles. The fourth-order valence-electron chi connectivity index (χ4n) is 2.01. The molecule has 0 heterocycles. The molecule has 144 valence electrons. The van der Waals surface area contributed by atoms with E-state index in [2.05, 4.69) is 5.10 Å². The van der Waals surface area contributed by atoms with Gasteiger partial charge in [0, 0.05) is 23.8 Å². The highest BCUT2D eigenvalue weighted by molar-refractivity contribution is 14.1. The lowest BCUT2D eigenvalue weighted by Gasteiger charge is -2.09. The molecule has 12 heteroatoms. The van der Waals surface area contributed by atoms with Crippen molar-refractivity contribution in [1.29, 1.82) is 0 Å². The van der Waals surface area contributed by atoms with E-state index in [-0.39, 0.29) is 31.2 Å². The van der Waals surface area contributed by atoms with Crippen LogP contribution < -0.4 is 14.3 Å². The molecule has 0 spiro atoms. The van der Waals surface area contributed by atoms with Gasteiger partial charge in [-0.2, -0.15) is 13.5 Å². The Labute approximate surface area is 168 Å². The summed E-state index contributed by atoms with van der Waals surface area (Å²) in [5.41, 5.74) is -0.273. The zero-order valence-electron chi connectivity index (χ0n) is 14.0. The van der Waals surface area contributed by atoms with Crippen LogP contribution in [-0.4, -0.2) is 38.9 Å². The molecular weight excluding hydrogens is 493 g/mol. The number of nitro benzene ring substituents is 1. The lowest BCUT2D eigenvalue weighted by molar-refractivity contribution is -0.385. The van der Waals surface area contributed by atoms with Crippen molar-refractivity contribution < 1.29 is 27.9 Å². The van der Waals surface area contributed by atoms with Crippen LogP contribution in [0.5, 0.6) is 17.2 Å². The lowest BCUT2D eigenvalue weighted by atomic mass is 10.2. The monoisotopic (exact) mass is 507 g/mol. The molecule has 0 aliphatic rings. The van der Waals surface area contributed by atoms with E-state index < -0.39 is 14.9 Å². The van der Waals surface area contributed by atoms with E-state index in [1.54, 1.807) is 22.6 Å². The topological polar surface area (TPSA) is 140 Å². The van der Waals surface area contributed by atoms with Crippen LogP contribution in [0.4, 0.5) is 5.69 Å². The molecular formula is C15H14IN3O7S. The van der Waals surface area contributed by atoms with Crippen LogP contribution in [-0.2, 0) is 10.0 Å². The Kier molecular flexibility index (Phi) is 6.43. The molecule has 0 aliphatic carbocycles. The summed E-state index contributed by atoms with van der Waals surface area (Å²) < 4.78 is 35.0. The van der Waals surface area contributed by atoms with E-state index in [0.29, 0.717) is 5.75 Å². The summed E-state index contributed by atoms with van der Waals surface area (Å²) in [5, 5.41) is 24.4. The summed E-state index contributed by atoms with van der Waals surface area (Å²) in [6.07, 6.45) is 0.975. The molecule has 2 rings (SSSR count). The van der Waals surface area contributed by atoms with E-state index in [0.717, 1.165) is 12.3 Å². The minimum Gasteiger partial charge on any atom is -0.506 e. The fourth-order valence-corrected chi connectivity index (χ4v) is 3.45. The minimum atomic E-state index is -4.04. The Bertz CT molecular complexity index is 1010. The van der Waals surface area contributed by atoms with Crippen molar-refractivity contribution in [2.45, 2.75) is 4.90 Å². The lowest BCUT2D eigenvalue weighted by Crippen LogP contribution is -2.18. The Morgan fingerprint density at radius 1 is 1.22 bits per heavy atom. The molecule has 0 aliphatic heterocycles. The number of aromatic hydroxyl groups is 1. The molecule has 10 nitrogen and oxygen atoms in total. The SMILES string of the molecule is COc1ccc(S(=O)(=O)NN=Cc2cc([N+](=O)[O-])cc(I)c2O)cc1OC. The van der Waals surface area contributed by atoms with Gasteiger partial charge in [0.2, 0.25) is 0 Å². The highest BCUT2D eigenvalue weighted by Crippen LogP contribution is 2.30. The summed E-state index contributed by atoms with van der Waals surface area (Å²) in [6.45, 7) is 0. The third-order valence-electron chi connectivity index (χ3n) is 3.33. The molecule has 0 amide bonds. The Balaban J connectivity index is 2.29. The molecule has 0 aromatic heterocycles. The smallest absolute Gasteiger partial charge is 0.276 e. The van der Waals surface area contributed by atoms with Gasteiger partial charge in [-0.1, -0.05) is 0 Å². The second-order valence-corrected chi connectivity index (χ2v) is 7.82. The van der Waals surface area contributed by atoms with Gasteiger partial charge >= 0.3 is 0 Å². The van der Waals surface area contributed by atoms with Gasteiger partial charge in [-0.3, -0.25) is 10.1 Å². The van der Waals surface area contributed by atoms with Gasteiger partial charge in [-0.25, -0.2) is 4.83 Å². The predicted molar refractivity (Wildman–Crippen MR) is 105 cm³/mol. The first-order valence-electron chi connectivity index (χ1n) is 7.13. The van der Waals surface area contributed by atoms with Crippen molar-refractivity contribution in [3.05, 3.63) is 49.6 Å². The Morgan fingerprint density at radius 3 is 2.48 bits per heavy atom. The van der Waals surface area contributed by atoms with Crippen LogP contribution in [0.3, 0.4) is 0 Å². The van der Waals surface area contributed by atoms with Crippen molar-refractivity contribution >= 4 is 44.5 Å². The average molecular weight is 507 g/mol. The second-order valence-electron chi connectivity index (χ2n) is 4.99. The number of hydrogen-bond donors (Lipinski definition) is 2. The average Bonchev–Trinajstić information content (AvgIpc) is 2.64. The van der Waals surface area contributed by atoms with E-state index >= 15 is 0 Å². The van der Waals surface area contributed by atoms with Crippen LogP contribution in [0.25, 0.3) is 0 Å². The number of nitrogens with one attached hydrogen (secondary N) is 1. The van der Waals surface area contributed by atoms with Crippen LogP contribution in [0.1, 0.15) is 5.56 Å². The van der Waals surface area contributed by atoms with E-state index in [4.69, 9.17) is 9.47 Å². The number of non-ortho nitro benzene ring substituents is 1. The van der Waals surface area contributed by atoms with Crippen molar-refractivity contribution in [2.24, 2.45) is 5.10 Å². The van der Waals surface area contributed by atoms with Crippen LogP contribution in [0, 0.1) is 13.7 Å². The van der Waals surface area contributed by atoms with E-state index in [9.17, 15) is 23.6 Å². The van der Waals surface area contributed by atoms with Gasteiger partial charge in [0.15, 0.2) is 11.5 Å². The van der Waals surface area contributed by atoms with Gasteiger partial charge in [-0.05, 0) is 34.7 Å². The van der Waals surface area contributed by atoms with Crippen molar-refractivity contribution in [2.75, 3.05) is 14.2 Å². The standard InChI is InChI=1S/C15H14IN3O7S/c1-25-13-4-3-11(7-14(13)26-2)27(23,24)18-17-8-9-5-10(19(21)22)6-12(16)15(9)20/h3-8,18,20H,1-2H3. The maximum absolute atomic E-state index is 12.3. The number of rotatable bonds is 7. The van der Waals surface area contributed by atoms with Crippen LogP contribution in [0.2, 0.25) is 0 Å². The molecule has 0 saturated heterocycles. The van der Waals surface area contributed by atoms with E-state index in [1.165, 1.54) is 38.5 Å². The van der Waals surface area contributed by atoms with Crippen molar-refractivity contribution in [1.82, 2.24) is 4.83 Å². The summed E-state index contributed by atoms with van der Waals surface area (Å²) in [5.74, 6) is 0.321. The number of phenols is 1. The van der Waals surface area contributed by atoms with Gasteiger partial charge in [0.1, 0.15) is 5.75 Å². The number of benzene rings is 2. The number of methoxy groups -OCH3 is 2. The number of halogens is 1. The second kappa shape index (κ2) is 8.39. The maximum Gasteiger partial charge on any atom is 0.276 e. The van der Waals surface area contributed by atoms with Gasteiger partial charge in [0.05, 0.1) is 33.8 Å². The first kappa shape index (κ1) is 20.7. The number of hydrazone groups is 1. The zero-order chi connectivity index (χ0) is 20.2. The van der Waals surface area contributed by atoms with Crippen LogP contribution in [0.15, 0.2) is 40.3 Å². The molecule has 2 N–H and O–H groups in total. The highest BCUT2D eigenvalue weighted by Gasteiger charge is 2.17. The summed E-state index contributed by atoms with van der Waals surface area (Å²) in [6, 6.07) is 6.23. The van der Waals surface area contributed by atoms with Crippen molar-refractivity contribution in [3.63, 3.8) is 0 Å². The molecule has 0 atom stereocenters. The number of nitro groups is 1. The third-order valence-corrected chi connectivity index (χ3v) is 5.37. The van der Waals surface area contributed by atoms with E-state index in [1.807, 2.05) is 4.83 Å². The fraction of sp³-hybridized carbons (Fsp3) is 0.133. The molecule has 27 heavy (non-hydrogen) atoms. The Morgan fingerprint density at radius 2 is 1.89 bits per heavy atom. The molecule has 2 aromatic carbocycles. The van der Waals surface area contributed by atoms with Gasteiger partial charge in [0.25, 0.3) is 15.7 Å². The number of nitrogens with zero attached hydrogens (tertiary/aromatic N) is 2. The molecule has 0 unspecified atom stereocenters. The molecule has 0 radical (unpaired) electrons. The first-order chi connectivity index (χ1) is 12.7. The van der Waals surface area contributed by atoms with Crippen LogP contribution >= 0.6 is 22.6 Å². The maximum atomic E-state index is 12.3. The molecule has 0 bridgehead atoms. The predicted octanol–water partition coefficient (Wildman–Crippen LogP) is 2.23. The highest BCUT2D eigenvalue weighted by atomic mass is 127. The Hall–Kier alpha value is -2.61. The normalized spacial score (nSPS) is 11.4. The molecule has 0 fully saturated rings. The third kappa shape index (κ3) is 4.77. The minimum absolute atomic E-state index is 0.0105.